The van der Waals surface area contributed by atoms with Gasteiger partial charge in [-0.25, -0.2) is 9.48 Å². The third-order valence-electron chi connectivity index (χ3n) is 4.82. The number of nitrogens with one attached hydrogen (secondary N) is 2. The highest BCUT2D eigenvalue weighted by Crippen LogP contribution is 2.25. The first-order valence-electron chi connectivity index (χ1n) is 10.0. The number of rotatable bonds is 7. The second-order valence-electron chi connectivity index (χ2n) is 7.07. The Hall–Kier alpha value is -2.79. The summed E-state index contributed by atoms with van der Waals surface area (Å²) in [6.45, 7) is 6.18. The summed E-state index contributed by atoms with van der Waals surface area (Å²) >= 11 is 6.30. The van der Waals surface area contributed by atoms with Gasteiger partial charge in [0.15, 0.2) is 0 Å². The molecule has 29 heavy (non-hydrogen) atoms. The van der Waals surface area contributed by atoms with Gasteiger partial charge in [0.1, 0.15) is 5.82 Å². The van der Waals surface area contributed by atoms with E-state index in [9.17, 15) is 4.79 Å². The standard InChI is InChI=1S/C23H27ClN4O/c1-4-6-9-18-15-21(28(27-18)19-13-11-17(5-2)12-14-19)26-23(29)25-20-10-7-8-16(3)22(20)24/h7-8,10-15H,4-6,9H2,1-3H3,(H2,25,26,29). The van der Waals surface area contributed by atoms with Crippen LogP contribution in [0.3, 0.4) is 0 Å². The molecule has 0 unspecified atom stereocenters. The Morgan fingerprint density at radius 2 is 1.86 bits per heavy atom. The van der Waals surface area contributed by atoms with Crippen LogP contribution in [0.2, 0.25) is 5.02 Å². The number of aryl methyl sites for hydroxylation is 3. The summed E-state index contributed by atoms with van der Waals surface area (Å²) in [4.78, 5) is 12.6. The summed E-state index contributed by atoms with van der Waals surface area (Å²) in [6.07, 6.45) is 3.99. The molecule has 2 amide bonds. The first-order chi connectivity index (χ1) is 14.0. The van der Waals surface area contributed by atoms with Crippen LogP contribution >= 0.6 is 11.6 Å². The number of carbonyl (C=O) groups is 1. The van der Waals surface area contributed by atoms with Gasteiger partial charge >= 0.3 is 6.03 Å². The lowest BCUT2D eigenvalue weighted by Gasteiger charge is -2.12. The van der Waals surface area contributed by atoms with Crippen LogP contribution in [0.5, 0.6) is 0 Å². The van der Waals surface area contributed by atoms with E-state index < -0.39 is 0 Å². The Morgan fingerprint density at radius 3 is 2.55 bits per heavy atom. The van der Waals surface area contributed by atoms with Crippen LogP contribution < -0.4 is 10.6 Å². The van der Waals surface area contributed by atoms with E-state index >= 15 is 0 Å². The molecule has 1 heterocycles. The number of aromatic nitrogens is 2. The molecule has 0 saturated heterocycles. The summed E-state index contributed by atoms with van der Waals surface area (Å²) < 4.78 is 1.78. The number of carbonyl (C=O) groups excluding carboxylic acids is 1. The van der Waals surface area contributed by atoms with Crippen molar-refractivity contribution in [2.75, 3.05) is 10.6 Å². The normalized spacial score (nSPS) is 10.8. The molecule has 0 aliphatic carbocycles. The maximum absolute atomic E-state index is 12.6. The average Bonchev–Trinajstić information content (AvgIpc) is 3.12. The molecule has 5 nitrogen and oxygen atoms in total. The highest BCUT2D eigenvalue weighted by atomic mass is 35.5. The minimum atomic E-state index is -0.356. The minimum Gasteiger partial charge on any atom is -0.306 e. The third-order valence-corrected chi connectivity index (χ3v) is 5.32. The number of unbranched alkanes of at least 4 members (excludes halogenated alkanes) is 1. The molecule has 0 saturated carbocycles. The van der Waals surface area contributed by atoms with E-state index in [4.69, 9.17) is 16.7 Å². The van der Waals surface area contributed by atoms with E-state index in [1.54, 1.807) is 10.7 Å². The maximum atomic E-state index is 12.6. The van der Waals surface area contributed by atoms with Gasteiger partial charge < -0.3 is 5.32 Å². The van der Waals surface area contributed by atoms with Crippen molar-refractivity contribution in [2.45, 2.75) is 46.5 Å². The van der Waals surface area contributed by atoms with Crippen LogP contribution in [-0.4, -0.2) is 15.8 Å². The third kappa shape index (κ3) is 5.18. The maximum Gasteiger partial charge on any atom is 0.324 e. The highest BCUT2D eigenvalue weighted by Gasteiger charge is 2.14. The monoisotopic (exact) mass is 410 g/mol. The van der Waals surface area contributed by atoms with E-state index in [1.807, 2.05) is 37.3 Å². The van der Waals surface area contributed by atoms with Gasteiger partial charge in [-0.05, 0) is 55.5 Å². The van der Waals surface area contributed by atoms with Crippen LogP contribution in [0.15, 0.2) is 48.5 Å². The van der Waals surface area contributed by atoms with Gasteiger partial charge in [-0.2, -0.15) is 5.10 Å². The Kier molecular flexibility index (Phi) is 6.94. The van der Waals surface area contributed by atoms with Crippen molar-refractivity contribution in [3.8, 4) is 5.69 Å². The molecule has 3 aromatic rings. The fraction of sp³-hybridized carbons (Fsp3) is 0.304. The number of anilines is 2. The second kappa shape index (κ2) is 9.61. The van der Waals surface area contributed by atoms with Crippen molar-refractivity contribution < 1.29 is 4.79 Å². The number of nitrogens with zero attached hydrogens (tertiary/aromatic N) is 2. The predicted octanol–water partition coefficient (Wildman–Crippen LogP) is 6.38. The molecular weight excluding hydrogens is 384 g/mol. The fourth-order valence-electron chi connectivity index (χ4n) is 3.08. The molecule has 0 atom stereocenters. The number of halogens is 1. The molecule has 0 bridgehead atoms. The molecular formula is C23H27ClN4O. The molecule has 152 valence electrons. The zero-order valence-electron chi connectivity index (χ0n) is 17.1. The second-order valence-corrected chi connectivity index (χ2v) is 7.45. The molecule has 0 aliphatic rings. The van der Waals surface area contributed by atoms with Crippen LogP contribution in [0.4, 0.5) is 16.3 Å². The first-order valence-corrected chi connectivity index (χ1v) is 10.4. The predicted molar refractivity (Wildman–Crippen MR) is 120 cm³/mol. The molecule has 6 heteroatoms. The molecule has 0 aliphatic heterocycles. The lowest BCUT2D eigenvalue weighted by Crippen LogP contribution is -2.21. The van der Waals surface area contributed by atoms with Gasteiger partial charge in [0, 0.05) is 6.07 Å². The van der Waals surface area contributed by atoms with Crippen molar-refractivity contribution in [3.05, 3.63) is 70.4 Å². The quantitative estimate of drug-likeness (QED) is 0.474. The molecule has 2 aromatic carbocycles. The van der Waals surface area contributed by atoms with E-state index in [-0.39, 0.29) is 6.03 Å². The molecule has 0 fully saturated rings. The smallest absolute Gasteiger partial charge is 0.306 e. The molecule has 2 N–H and O–H groups in total. The Labute approximate surface area is 177 Å². The zero-order chi connectivity index (χ0) is 20.8. The highest BCUT2D eigenvalue weighted by molar-refractivity contribution is 6.34. The van der Waals surface area contributed by atoms with Crippen molar-refractivity contribution in [1.29, 1.82) is 0 Å². The lowest BCUT2D eigenvalue weighted by molar-refractivity contribution is 0.262. The van der Waals surface area contributed by atoms with Gasteiger partial charge in [0.25, 0.3) is 0 Å². The van der Waals surface area contributed by atoms with Crippen LogP contribution in [-0.2, 0) is 12.8 Å². The van der Waals surface area contributed by atoms with Crippen LogP contribution in [0.25, 0.3) is 5.69 Å². The summed E-state index contributed by atoms with van der Waals surface area (Å²) in [6, 6.07) is 15.3. The van der Waals surface area contributed by atoms with Gasteiger partial charge in [0.05, 0.1) is 22.1 Å². The minimum absolute atomic E-state index is 0.356. The number of urea groups is 1. The fourth-order valence-corrected chi connectivity index (χ4v) is 3.26. The molecule has 1 aromatic heterocycles. The van der Waals surface area contributed by atoms with Crippen molar-refractivity contribution in [3.63, 3.8) is 0 Å². The summed E-state index contributed by atoms with van der Waals surface area (Å²) in [7, 11) is 0. The topological polar surface area (TPSA) is 59.0 Å². The zero-order valence-corrected chi connectivity index (χ0v) is 17.9. The molecule has 0 radical (unpaired) electrons. The van der Waals surface area contributed by atoms with E-state index in [2.05, 4.69) is 36.6 Å². The Bertz CT molecular complexity index is 979. The number of hydrogen-bond donors (Lipinski definition) is 2. The summed E-state index contributed by atoms with van der Waals surface area (Å²) in [5, 5.41) is 11.0. The van der Waals surface area contributed by atoms with Crippen molar-refractivity contribution in [1.82, 2.24) is 9.78 Å². The molecule has 3 rings (SSSR count). The summed E-state index contributed by atoms with van der Waals surface area (Å²) in [5.74, 6) is 0.627. The lowest BCUT2D eigenvalue weighted by atomic mass is 10.1. The largest absolute Gasteiger partial charge is 0.324 e. The summed E-state index contributed by atoms with van der Waals surface area (Å²) in [5.41, 5.74) is 4.61. The SMILES string of the molecule is CCCCc1cc(NC(=O)Nc2cccc(C)c2Cl)n(-c2ccc(CC)cc2)n1. The van der Waals surface area contributed by atoms with Gasteiger partial charge in [-0.15, -0.1) is 0 Å². The van der Waals surface area contributed by atoms with Crippen LogP contribution in [0, 0.1) is 6.92 Å². The van der Waals surface area contributed by atoms with Crippen LogP contribution in [0.1, 0.15) is 43.5 Å². The Balaban J connectivity index is 1.85. The number of hydrogen-bond acceptors (Lipinski definition) is 2. The number of benzene rings is 2. The van der Waals surface area contributed by atoms with Gasteiger partial charge in [0.2, 0.25) is 0 Å². The van der Waals surface area contributed by atoms with Crippen molar-refractivity contribution >= 4 is 29.1 Å². The van der Waals surface area contributed by atoms with Gasteiger partial charge in [-0.1, -0.05) is 56.1 Å². The average molecular weight is 411 g/mol. The van der Waals surface area contributed by atoms with Gasteiger partial charge in [-0.3, -0.25) is 5.32 Å². The van der Waals surface area contributed by atoms with E-state index in [1.165, 1.54) is 5.56 Å². The first kappa shape index (κ1) is 20.9. The van der Waals surface area contributed by atoms with E-state index in [0.717, 1.165) is 42.6 Å². The van der Waals surface area contributed by atoms with E-state index in [0.29, 0.717) is 16.5 Å². The molecule has 0 spiro atoms. The van der Waals surface area contributed by atoms with Crippen molar-refractivity contribution in [2.24, 2.45) is 0 Å². The number of amides is 2. The Morgan fingerprint density at radius 1 is 1.10 bits per heavy atom.